The fourth-order valence-corrected chi connectivity index (χ4v) is 2.94. The summed E-state index contributed by atoms with van der Waals surface area (Å²) < 4.78 is 0. The molecule has 1 amide bonds. The van der Waals surface area contributed by atoms with Crippen molar-refractivity contribution >= 4 is 17.7 Å². The van der Waals surface area contributed by atoms with E-state index in [1.54, 1.807) is 0 Å². The van der Waals surface area contributed by atoms with Gasteiger partial charge in [0.05, 0.1) is 0 Å². The van der Waals surface area contributed by atoms with Crippen LogP contribution in [0.5, 0.6) is 0 Å². The number of nitrogens with two attached hydrogens (primary N) is 2. The van der Waals surface area contributed by atoms with Crippen molar-refractivity contribution in [3.63, 3.8) is 0 Å². The first kappa shape index (κ1) is 16.1. The van der Waals surface area contributed by atoms with Crippen molar-refractivity contribution in [1.82, 2.24) is 0 Å². The molecule has 4 N–H and O–H groups in total. The quantitative estimate of drug-likeness (QED) is 0.806. The van der Waals surface area contributed by atoms with E-state index in [0.29, 0.717) is 17.6 Å². The van der Waals surface area contributed by atoms with E-state index in [-0.39, 0.29) is 0 Å². The Kier molecular flexibility index (Phi) is 5.88. The van der Waals surface area contributed by atoms with Crippen LogP contribution in [0.4, 0.5) is 0 Å². The van der Waals surface area contributed by atoms with Crippen LogP contribution in [0.15, 0.2) is 30.3 Å². The Labute approximate surface area is 120 Å². The first-order valence-corrected chi connectivity index (χ1v) is 7.68. The highest BCUT2D eigenvalue weighted by Gasteiger charge is 2.33. The molecule has 0 bridgehead atoms. The van der Waals surface area contributed by atoms with E-state index in [2.05, 4.69) is 20.8 Å². The van der Waals surface area contributed by atoms with Crippen molar-refractivity contribution in [2.24, 2.45) is 17.4 Å². The third-order valence-electron chi connectivity index (χ3n) is 3.54. The lowest BCUT2D eigenvalue weighted by molar-refractivity contribution is -0.123. The second-order valence-corrected chi connectivity index (χ2v) is 6.76. The van der Waals surface area contributed by atoms with Gasteiger partial charge in [0.2, 0.25) is 5.91 Å². The van der Waals surface area contributed by atoms with Crippen LogP contribution >= 0.6 is 11.8 Å². The smallest absolute Gasteiger partial charge is 0.242 e. The average molecular weight is 280 g/mol. The molecule has 0 aliphatic heterocycles. The number of amides is 1. The van der Waals surface area contributed by atoms with Crippen LogP contribution in [-0.4, -0.2) is 16.9 Å². The number of hydrogen-bond donors (Lipinski definition) is 2. The lowest BCUT2D eigenvalue weighted by Gasteiger charge is -2.27. The Balaban J connectivity index is 2.71. The highest BCUT2D eigenvalue weighted by atomic mass is 32.2. The van der Waals surface area contributed by atoms with Gasteiger partial charge in [-0.3, -0.25) is 4.79 Å². The largest absolute Gasteiger partial charge is 0.368 e. The Bertz CT molecular complexity index is 408. The molecular formula is C15H24N2OS. The number of benzene rings is 1. The number of rotatable bonds is 7. The molecule has 106 valence electrons. The predicted molar refractivity (Wildman–Crippen MR) is 82.9 cm³/mol. The van der Waals surface area contributed by atoms with Crippen molar-refractivity contribution in [2.75, 3.05) is 5.75 Å². The summed E-state index contributed by atoms with van der Waals surface area (Å²) in [5.41, 5.74) is 11.5. The molecule has 1 rings (SSSR count). The molecule has 0 saturated heterocycles. The molecule has 0 spiro atoms. The minimum Gasteiger partial charge on any atom is -0.368 e. The van der Waals surface area contributed by atoms with Crippen molar-refractivity contribution in [3.05, 3.63) is 35.9 Å². The van der Waals surface area contributed by atoms with Gasteiger partial charge in [0, 0.05) is 5.25 Å². The van der Waals surface area contributed by atoms with Gasteiger partial charge in [-0.2, -0.15) is 11.8 Å². The Morgan fingerprint density at radius 2 is 1.84 bits per heavy atom. The molecule has 0 aliphatic carbocycles. The molecule has 3 nitrogen and oxygen atoms in total. The predicted octanol–water partition coefficient (Wildman–Crippen LogP) is 2.49. The van der Waals surface area contributed by atoms with Gasteiger partial charge in [0.15, 0.2) is 0 Å². The van der Waals surface area contributed by atoms with Crippen LogP contribution in [0.3, 0.4) is 0 Å². The zero-order valence-electron chi connectivity index (χ0n) is 11.9. The standard InChI is InChI=1S/C15H24N2OS/c1-11(2)12(3)19-10-9-15(17,14(16)18)13-7-5-4-6-8-13/h4-8,11-12H,9-10,17H2,1-3H3,(H2,16,18). The van der Waals surface area contributed by atoms with Crippen LogP contribution < -0.4 is 11.5 Å². The maximum atomic E-state index is 11.7. The second-order valence-electron chi connectivity index (χ2n) is 5.27. The normalized spacial score (nSPS) is 16.1. The summed E-state index contributed by atoms with van der Waals surface area (Å²) in [6.45, 7) is 6.58. The third-order valence-corrected chi connectivity index (χ3v) is 5.05. The molecule has 0 heterocycles. The Hall–Kier alpha value is -1.00. The number of thioether (sulfide) groups is 1. The van der Waals surface area contributed by atoms with E-state index in [1.165, 1.54) is 0 Å². The fraction of sp³-hybridized carbons (Fsp3) is 0.533. The summed E-state index contributed by atoms with van der Waals surface area (Å²) in [5, 5.41) is 0.549. The van der Waals surface area contributed by atoms with Gasteiger partial charge in [0.25, 0.3) is 0 Å². The maximum absolute atomic E-state index is 11.7. The van der Waals surface area contributed by atoms with Crippen LogP contribution in [0, 0.1) is 5.92 Å². The molecule has 0 aliphatic rings. The third kappa shape index (κ3) is 4.25. The number of carbonyl (C=O) groups excluding carboxylic acids is 1. The molecular weight excluding hydrogens is 256 g/mol. The lowest BCUT2D eigenvalue weighted by Crippen LogP contribution is -2.49. The Morgan fingerprint density at radius 3 is 2.32 bits per heavy atom. The minimum atomic E-state index is -1.06. The number of primary amides is 1. The molecule has 2 atom stereocenters. The summed E-state index contributed by atoms with van der Waals surface area (Å²) in [7, 11) is 0. The molecule has 0 radical (unpaired) electrons. The van der Waals surface area contributed by atoms with E-state index in [9.17, 15) is 4.79 Å². The molecule has 2 unspecified atom stereocenters. The zero-order valence-corrected chi connectivity index (χ0v) is 12.7. The molecule has 0 aromatic heterocycles. The molecule has 1 aromatic carbocycles. The molecule has 1 aromatic rings. The van der Waals surface area contributed by atoms with Gasteiger partial charge in [-0.1, -0.05) is 51.1 Å². The van der Waals surface area contributed by atoms with Crippen molar-refractivity contribution in [1.29, 1.82) is 0 Å². The van der Waals surface area contributed by atoms with E-state index in [1.807, 2.05) is 42.1 Å². The summed E-state index contributed by atoms with van der Waals surface area (Å²) in [4.78, 5) is 11.7. The summed E-state index contributed by atoms with van der Waals surface area (Å²) >= 11 is 1.84. The maximum Gasteiger partial charge on any atom is 0.242 e. The van der Waals surface area contributed by atoms with E-state index in [0.717, 1.165) is 11.3 Å². The van der Waals surface area contributed by atoms with Crippen LogP contribution in [-0.2, 0) is 10.3 Å². The summed E-state index contributed by atoms with van der Waals surface area (Å²) in [6, 6.07) is 9.39. The SMILES string of the molecule is CC(C)C(C)SCCC(N)(C(N)=O)c1ccccc1. The van der Waals surface area contributed by atoms with Crippen molar-refractivity contribution < 1.29 is 4.79 Å². The molecule has 19 heavy (non-hydrogen) atoms. The van der Waals surface area contributed by atoms with E-state index in [4.69, 9.17) is 11.5 Å². The Morgan fingerprint density at radius 1 is 1.26 bits per heavy atom. The van der Waals surface area contributed by atoms with Crippen molar-refractivity contribution in [2.45, 2.75) is 38.0 Å². The van der Waals surface area contributed by atoms with Crippen molar-refractivity contribution in [3.8, 4) is 0 Å². The monoisotopic (exact) mass is 280 g/mol. The van der Waals surface area contributed by atoms with Gasteiger partial charge in [-0.15, -0.1) is 0 Å². The minimum absolute atomic E-state index is 0.462. The second kappa shape index (κ2) is 6.96. The van der Waals surface area contributed by atoms with Crippen LogP contribution in [0.2, 0.25) is 0 Å². The average Bonchev–Trinajstić information content (AvgIpc) is 2.39. The summed E-state index contributed by atoms with van der Waals surface area (Å²) in [5.74, 6) is 0.979. The molecule has 0 saturated carbocycles. The first-order valence-electron chi connectivity index (χ1n) is 6.64. The topological polar surface area (TPSA) is 69.1 Å². The lowest BCUT2D eigenvalue weighted by atomic mass is 9.88. The highest BCUT2D eigenvalue weighted by molar-refractivity contribution is 7.99. The zero-order chi connectivity index (χ0) is 14.5. The van der Waals surface area contributed by atoms with Gasteiger partial charge in [0.1, 0.15) is 5.54 Å². The van der Waals surface area contributed by atoms with Crippen LogP contribution in [0.25, 0.3) is 0 Å². The highest BCUT2D eigenvalue weighted by Crippen LogP contribution is 2.27. The van der Waals surface area contributed by atoms with Gasteiger partial charge >= 0.3 is 0 Å². The van der Waals surface area contributed by atoms with Gasteiger partial charge in [-0.05, 0) is 23.7 Å². The van der Waals surface area contributed by atoms with E-state index >= 15 is 0 Å². The van der Waals surface area contributed by atoms with Gasteiger partial charge in [-0.25, -0.2) is 0 Å². The van der Waals surface area contributed by atoms with Gasteiger partial charge < -0.3 is 11.5 Å². The summed E-state index contributed by atoms with van der Waals surface area (Å²) in [6.07, 6.45) is 0.564. The number of carbonyl (C=O) groups is 1. The van der Waals surface area contributed by atoms with Crippen LogP contribution in [0.1, 0.15) is 32.8 Å². The molecule has 4 heteroatoms. The number of hydrogen-bond acceptors (Lipinski definition) is 3. The fourth-order valence-electron chi connectivity index (χ4n) is 1.74. The van der Waals surface area contributed by atoms with E-state index < -0.39 is 11.4 Å². The molecule has 0 fully saturated rings. The first-order chi connectivity index (χ1) is 8.88.